The van der Waals surface area contributed by atoms with Gasteiger partial charge in [-0.25, -0.2) is 4.79 Å². The van der Waals surface area contributed by atoms with Gasteiger partial charge in [-0.05, 0) is 49.6 Å². The number of rotatable bonds is 10. The molecule has 0 spiro atoms. The van der Waals surface area contributed by atoms with E-state index in [1.54, 1.807) is 25.3 Å². The zero-order valence-electron chi connectivity index (χ0n) is 16.6. The molecule has 0 aliphatic rings. The standard InChI is InChI=1S/C22H27NO5/c1-4-27-14-19-13-18(9-10-20(19)26-3)22(25)28-15-21(24)23-12-11-17-8-6-5-7-16(17)2/h5-10,13H,4,11-12,14-15H2,1-3H3,(H,23,24). The first kappa shape index (κ1) is 21.4. The predicted octanol–water partition coefficient (Wildman–Crippen LogP) is 3.06. The van der Waals surface area contributed by atoms with Gasteiger partial charge in [-0.15, -0.1) is 0 Å². The fourth-order valence-electron chi connectivity index (χ4n) is 2.72. The van der Waals surface area contributed by atoms with Crippen molar-refractivity contribution in [3.63, 3.8) is 0 Å². The fraction of sp³-hybridized carbons (Fsp3) is 0.364. The smallest absolute Gasteiger partial charge is 0.338 e. The van der Waals surface area contributed by atoms with Crippen LogP contribution in [0.1, 0.15) is 34.0 Å². The first-order valence-corrected chi connectivity index (χ1v) is 9.28. The molecule has 0 radical (unpaired) electrons. The second kappa shape index (κ2) is 11.1. The summed E-state index contributed by atoms with van der Waals surface area (Å²) in [4.78, 5) is 24.2. The summed E-state index contributed by atoms with van der Waals surface area (Å²) in [6, 6.07) is 13.0. The van der Waals surface area contributed by atoms with Crippen molar-refractivity contribution in [2.24, 2.45) is 0 Å². The molecule has 0 aromatic heterocycles. The van der Waals surface area contributed by atoms with E-state index in [1.807, 2.05) is 38.1 Å². The molecule has 2 rings (SSSR count). The lowest BCUT2D eigenvalue weighted by molar-refractivity contribution is -0.124. The maximum Gasteiger partial charge on any atom is 0.338 e. The summed E-state index contributed by atoms with van der Waals surface area (Å²) >= 11 is 0. The van der Waals surface area contributed by atoms with Crippen LogP contribution >= 0.6 is 0 Å². The average Bonchev–Trinajstić information content (AvgIpc) is 2.71. The monoisotopic (exact) mass is 385 g/mol. The molecule has 1 N–H and O–H groups in total. The minimum atomic E-state index is -0.561. The molecule has 6 nitrogen and oxygen atoms in total. The highest BCUT2D eigenvalue weighted by Crippen LogP contribution is 2.21. The number of carbonyl (C=O) groups is 2. The van der Waals surface area contributed by atoms with Crippen LogP contribution in [0.3, 0.4) is 0 Å². The molecule has 0 fully saturated rings. The summed E-state index contributed by atoms with van der Waals surface area (Å²) < 4.78 is 15.8. The van der Waals surface area contributed by atoms with E-state index in [-0.39, 0.29) is 12.5 Å². The Morgan fingerprint density at radius 3 is 2.57 bits per heavy atom. The summed E-state index contributed by atoms with van der Waals surface area (Å²) in [5.74, 6) is -0.251. The third kappa shape index (κ3) is 6.39. The van der Waals surface area contributed by atoms with E-state index < -0.39 is 5.97 Å². The van der Waals surface area contributed by atoms with Crippen LogP contribution in [0.25, 0.3) is 0 Å². The average molecular weight is 385 g/mol. The molecule has 0 bridgehead atoms. The van der Waals surface area contributed by atoms with Crippen molar-refractivity contribution in [2.75, 3.05) is 26.9 Å². The van der Waals surface area contributed by atoms with Crippen LogP contribution in [0.5, 0.6) is 5.75 Å². The van der Waals surface area contributed by atoms with Gasteiger partial charge in [0.1, 0.15) is 5.75 Å². The van der Waals surface area contributed by atoms with Gasteiger partial charge in [-0.3, -0.25) is 4.79 Å². The van der Waals surface area contributed by atoms with Crippen LogP contribution in [0.4, 0.5) is 0 Å². The Balaban J connectivity index is 1.82. The summed E-state index contributed by atoms with van der Waals surface area (Å²) in [5, 5.41) is 2.77. The van der Waals surface area contributed by atoms with E-state index in [0.717, 1.165) is 12.0 Å². The number of hydrogen-bond donors (Lipinski definition) is 1. The molecule has 0 saturated heterocycles. The van der Waals surface area contributed by atoms with Crippen LogP contribution in [0, 0.1) is 6.92 Å². The van der Waals surface area contributed by atoms with Crippen molar-refractivity contribution < 1.29 is 23.8 Å². The minimum Gasteiger partial charge on any atom is -0.496 e. The van der Waals surface area contributed by atoms with Crippen LogP contribution in [-0.2, 0) is 27.3 Å². The van der Waals surface area contributed by atoms with Crippen molar-refractivity contribution in [2.45, 2.75) is 26.9 Å². The van der Waals surface area contributed by atoms with Gasteiger partial charge >= 0.3 is 5.97 Å². The van der Waals surface area contributed by atoms with Gasteiger partial charge in [0.25, 0.3) is 5.91 Å². The van der Waals surface area contributed by atoms with Crippen molar-refractivity contribution in [3.8, 4) is 5.75 Å². The Kier molecular flexibility index (Phi) is 8.49. The van der Waals surface area contributed by atoms with Gasteiger partial charge in [0.05, 0.1) is 19.3 Å². The number of esters is 1. The second-order valence-corrected chi connectivity index (χ2v) is 6.27. The normalized spacial score (nSPS) is 10.4. The van der Waals surface area contributed by atoms with Gasteiger partial charge in [-0.2, -0.15) is 0 Å². The second-order valence-electron chi connectivity index (χ2n) is 6.27. The van der Waals surface area contributed by atoms with Crippen LogP contribution in [0.2, 0.25) is 0 Å². The van der Waals surface area contributed by atoms with Crippen LogP contribution in [-0.4, -0.2) is 38.7 Å². The quantitative estimate of drug-likeness (QED) is 0.637. The molecule has 2 aromatic rings. The van der Waals surface area contributed by atoms with E-state index in [0.29, 0.717) is 31.1 Å². The molecule has 0 heterocycles. The maximum atomic E-state index is 12.2. The first-order valence-electron chi connectivity index (χ1n) is 9.28. The summed E-state index contributed by atoms with van der Waals surface area (Å²) in [6.45, 7) is 4.98. The van der Waals surface area contributed by atoms with Crippen molar-refractivity contribution in [1.82, 2.24) is 5.32 Å². The summed E-state index contributed by atoms with van der Waals surface area (Å²) in [6.07, 6.45) is 0.728. The number of aryl methyl sites for hydroxylation is 1. The highest BCUT2D eigenvalue weighted by molar-refractivity contribution is 5.91. The van der Waals surface area contributed by atoms with Gasteiger partial charge in [0, 0.05) is 18.7 Å². The fourth-order valence-corrected chi connectivity index (χ4v) is 2.72. The number of carbonyl (C=O) groups excluding carboxylic acids is 2. The minimum absolute atomic E-state index is 0.320. The third-order valence-corrected chi connectivity index (χ3v) is 4.29. The van der Waals surface area contributed by atoms with Crippen molar-refractivity contribution >= 4 is 11.9 Å². The Morgan fingerprint density at radius 2 is 1.86 bits per heavy atom. The first-order chi connectivity index (χ1) is 13.5. The van der Waals surface area contributed by atoms with E-state index >= 15 is 0 Å². The van der Waals surface area contributed by atoms with Gasteiger partial charge < -0.3 is 19.5 Å². The van der Waals surface area contributed by atoms with Gasteiger partial charge in [0.2, 0.25) is 0 Å². The molecule has 0 saturated carbocycles. The van der Waals surface area contributed by atoms with E-state index in [1.165, 1.54) is 11.1 Å². The Hall–Kier alpha value is -2.86. The maximum absolute atomic E-state index is 12.2. The van der Waals surface area contributed by atoms with Crippen LogP contribution in [0.15, 0.2) is 42.5 Å². The molecule has 6 heteroatoms. The van der Waals surface area contributed by atoms with E-state index in [9.17, 15) is 9.59 Å². The molecule has 0 unspecified atom stereocenters. The lowest BCUT2D eigenvalue weighted by Gasteiger charge is -2.11. The molecule has 2 aromatic carbocycles. The number of methoxy groups -OCH3 is 1. The Labute approximate surface area is 165 Å². The summed E-state index contributed by atoms with van der Waals surface area (Å²) in [5.41, 5.74) is 3.47. The number of ether oxygens (including phenoxy) is 3. The summed E-state index contributed by atoms with van der Waals surface area (Å²) in [7, 11) is 1.56. The molecule has 1 amide bonds. The van der Waals surface area contributed by atoms with Gasteiger partial charge in [0.15, 0.2) is 6.61 Å². The highest BCUT2D eigenvalue weighted by atomic mass is 16.5. The Bertz CT molecular complexity index is 803. The lowest BCUT2D eigenvalue weighted by Crippen LogP contribution is -2.30. The third-order valence-electron chi connectivity index (χ3n) is 4.29. The molecular formula is C22H27NO5. The molecule has 0 aliphatic carbocycles. The van der Waals surface area contributed by atoms with Crippen LogP contribution < -0.4 is 10.1 Å². The SMILES string of the molecule is CCOCc1cc(C(=O)OCC(=O)NCCc2ccccc2C)ccc1OC. The highest BCUT2D eigenvalue weighted by Gasteiger charge is 2.13. The number of amides is 1. The zero-order valence-corrected chi connectivity index (χ0v) is 16.6. The van der Waals surface area contributed by atoms with Crippen molar-refractivity contribution in [1.29, 1.82) is 0 Å². The molecule has 0 aliphatic heterocycles. The number of hydrogen-bond acceptors (Lipinski definition) is 5. The lowest BCUT2D eigenvalue weighted by atomic mass is 10.1. The molecule has 28 heavy (non-hydrogen) atoms. The van der Waals surface area contributed by atoms with Gasteiger partial charge in [-0.1, -0.05) is 24.3 Å². The topological polar surface area (TPSA) is 73.9 Å². The van der Waals surface area contributed by atoms with E-state index in [4.69, 9.17) is 14.2 Å². The predicted molar refractivity (Wildman–Crippen MR) is 106 cm³/mol. The largest absolute Gasteiger partial charge is 0.496 e. The Morgan fingerprint density at radius 1 is 1.07 bits per heavy atom. The number of benzene rings is 2. The molecule has 0 atom stereocenters. The molecular weight excluding hydrogens is 358 g/mol. The number of nitrogens with one attached hydrogen (secondary N) is 1. The van der Waals surface area contributed by atoms with E-state index in [2.05, 4.69) is 5.32 Å². The zero-order chi connectivity index (χ0) is 20.4. The molecule has 150 valence electrons. The van der Waals surface area contributed by atoms with Crippen molar-refractivity contribution in [3.05, 3.63) is 64.7 Å².